The van der Waals surface area contributed by atoms with E-state index in [9.17, 15) is 4.79 Å². The monoisotopic (exact) mass is 272 g/mol. The van der Waals surface area contributed by atoms with Crippen molar-refractivity contribution in [2.45, 2.75) is 19.4 Å². The highest BCUT2D eigenvalue weighted by Gasteiger charge is 2.19. The summed E-state index contributed by atoms with van der Waals surface area (Å²) < 4.78 is 1.48. The van der Waals surface area contributed by atoms with Crippen LogP contribution in [-0.2, 0) is 4.79 Å². The minimum atomic E-state index is -0.892. The molecule has 0 saturated heterocycles. The van der Waals surface area contributed by atoms with Crippen molar-refractivity contribution in [1.29, 1.82) is 0 Å². The lowest BCUT2D eigenvalue weighted by Crippen LogP contribution is -2.13. The summed E-state index contributed by atoms with van der Waals surface area (Å²) >= 11 is 7.41. The van der Waals surface area contributed by atoms with Crippen LogP contribution in [0.15, 0.2) is 11.4 Å². The molecule has 8 heteroatoms. The number of hydrogen-bond donors (Lipinski definition) is 1. The Morgan fingerprint density at radius 3 is 3.06 bits per heavy atom. The largest absolute Gasteiger partial charge is 0.481 e. The second-order valence-corrected chi connectivity index (χ2v) is 4.81. The summed E-state index contributed by atoms with van der Waals surface area (Å²) in [6, 6.07) is 1.43. The number of tetrazole rings is 1. The van der Waals surface area contributed by atoms with Crippen LogP contribution in [0.3, 0.4) is 0 Å². The number of nitrogens with zero attached hydrogens (tertiary/aromatic N) is 4. The molecule has 0 spiro atoms. The Kier molecular flexibility index (Phi) is 3.39. The quantitative estimate of drug-likeness (QED) is 0.922. The summed E-state index contributed by atoms with van der Waals surface area (Å²) in [5.41, 5.74) is 0. The van der Waals surface area contributed by atoms with Crippen LogP contribution in [0.4, 0.5) is 0 Å². The van der Waals surface area contributed by atoms with Gasteiger partial charge in [-0.05, 0) is 28.8 Å². The number of halogens is 1. The zero-order valence-corrected chi connectivity index (χ0v) is 10.4. The first-order chi connectivity index (χ1) is 8.09. The third-order valence-electron chi connectivity index (χ3n) is 2.20. The lowest BCUT2D eigenvalue weighted by atomic mass is 10.2. The Bertz CT molecular complexity index is 539. The molecule has 0 aliphatic heterocycles. The van der Waals surface area contributed by atoms with Gasteiger partial charge in [-0.1, -0.05) is 11.6 Å². The molecule has 1 atom stereocenters. The molecule has 0 aromatic carbocycles. The normalized spacial score (nSPS) is 12.6. The van der Waals surface area contributed by atoms with Crippen LogP contribution in [0.25, 0.3) is 10.7 Å². The smallest absolute Gasteiger partial charge is 0.305 e. The average Bonchev–Trinajstić information content (AvgIpc) is 2.83. The van der Waals surface area contributed by atoms with Gasteiger partial charge in [0.05, 0.1) is 22.4 Å². The molecule has 1 N–H and O–H groups in total. The Morgan fingerprint density at radius 2 is 2.47 bits per heavy atom. The molecule has 6 nitrogen and oxygen atoms in total. The van der Waals surface area contributed by atoms with Crippen LogP contribution < -0.4 is 0 Å². The van der Waals surface area contributed by atoms with Crippen LogP contribution in [0.2, 0.25) is 5.02 Å². The summed E-state index contributed by atoms with van der Waals surface area (Å²) in [6.07, 6.45) is -0.0406. The molecule has 0 amide bonds. The number of carboxylic acid groups (broad SMARTS) is 1. The van der Waals surface area contributed by atoms with Crippen molar-refractivity contribution in [2.24, 2.45) is 0 Å². The van der Waals surface area contributed by atoms with Crippen LogP contribution in [0.1, 0.15) is 19.4 Å². The molecule has 2 aromatic rings. The van der Waals surface area contributed by atoms with Crippen LogP contribution in [0.5, 0.6) is 0 Å². The Balaban J connectivity index is 2.35. The van der Waals surface area contributed by atoms with E-state index in [2.05, 4.69) is 15.5 Å². The molecule has 90 valence electrons. The molecule has 0 aliphatic carbocycles. The maximum Gasteiger partial charge on any atom is 0.305 e. The molecule has 2 aromatic heterocycles. The summed E-state index contributed by atoms with van der Waals surface area (Å²) in [5, 5.41) is 22.4. The highest BCUT2D eigenvalue weighted by Crippen LogP contribution is 2.32. The van der Waals surface area contributed by atoms with Gasteiger partial charge in [0.15, 0.2) is 5.82 Å². The van der Waals surface area contributed by atoms with Crippen LogP contribution >= 0.6 is 22.9 Å². The second-order valence-electron chi connectivity index (χ2n) is 3.49. The number of carbonyl (C=O) groups is 1. The fraction of sp³-hybridized carbons (Fsp3) is 0.333. The van der Waals surface area contributed by atoms with Gasteiger partial charge in [0, 0.05) is 0 Å². The molecule has 2 heterocycles. The summed E-state index contributed by atoms with van der Waals surface area (Å²) in [5.74, 6) is -0.394. The predicted octanol–water partition coefficient (Wildman–Crippen LogP) is 2.09. The van der Waals surface area contributed by atoms with Gasteiger partial charge < -0.3 is 5.11 Å². The van der Waals surface area contributed by atoms with Crippen molar-refractivity contribution in [1.82, 2.24) is 20.2 Å². The van der Waals surface area contributed by atoms with E-state index in [1.165, 1.54) is 16.0 Å². The molecule has 1 unspecified atom stereocenters. The molecule has 0 saturated carbocycles. The van der Waals surface area contributed by atoms with Crippen LogP contribution in [-0.4, -0.2) is 31.3 Å². The highest BCUT2D eigenvalue weighted by atomic mass is 35.5. The van der Waals surface area contributed by atoms with Gasteiger partial charge in [-0.25, -0.2) is 4.68 Å². The van der Waals surface area contributed by atoms with Gasteiger partial charge in [-0.3, -0.25) is 4.79 Å². The number of aliphatic carboxylic acids is 1. The molecule has 0 fully saturated rings. The van der Waals surface area contributed by atoms with Gasteiger partial charge in [0.2, 0.25) is 0 Å². The van der Waals surface area contributed by atoms with Gasteiger partial charge >= 0.3 is 5.97 Å². The van der Waals surface area contributed by atoms with E-state index in [4.69, 9.17) is 16.7 Å². The second kappa shape index (κ2) is 4.80. The Morgan fingerprint density at radius 1 is 1.71 bits per heavy atom. The fourth-order valence-electron chi connectivity index (χ4n) is 1.43. The standard InChI is InChI=1S/C9H9ClN4O2S/c1-5(4-7(15)16)14-9(11-12-13-14)8-6(10)2-3-17-8/h2-3,5H,4H2,1H3,(H,15,16). The lowest BCUT2D eigenvalue weighted by molar-refractivity contribution is -0.137. The van der Waals surface area contributed by atoms with E-state index in [1.54, 1.807) is 13.0 Å². The van der Waals surface area contributed by atoms with Crippen molar-refractivity contribution in [3.63, 3.8) is 0 Å². The fourth-order valence-corrected chi connectivity index (χ4v) is 2.55. The molecule has 0 aliphatic rings. The van der Waals surface area contributed by atoms with E-state index in [0.29, 0.717) is 10.8 Å². The van der Waals surface area contributed by atoms with E-state index in [0.717, 1.165) is 4.88 Å². The van der Waals surface area contributed by atoms with Gasteiger partial charge in [0.1, 0.15) is 0 Å². The van der Waals surface area contributed by atoms with Crippen molar-refractivity contribution in [3.8, 4) is 10.7 Å². The van der Waals surface area contributed by atoms with Crippen molar-refractivity contribution < 1.29 is 9.90 Å². The van der Waals surface area contributed by atoms with Gasteiger partial charge in [-0.2, -0.15) is 0 Å². The number of carboxylic acids is 1. The number of thiophene rings is 1. The van der Waals surface area contributed by atoms with Crippen molar-refractivity contribution >= 4 is 28.9 Å². The molecule has 2 rings (SSSR count). The van der Waals surface area contributed by atoms with E-state index < -0.39 is 5.97 Å². The van der Waals surface area contributed by atoms with Gasteiger partial charge in [-0.15, -0.1) is 16.4 Å². The van der Waals surface area contributed by atoms with E-state index in [1.807, 2.05) is 5.38 Å². The van der Waals surface area contributed by atoms with Crippen molar-refractivity contribution in [3.05, 3.63) is 16.5 Å². The van der Waals surface area contributed by atoms with Crippen molar-refractivity contribution in [2.75, 3.05) is 0 Å². The molecule has 0 radical (unpaired) electrons. The number of hydrogen-bond acceptors (Lipinski definition) is 5. The summed E-state index contributed by atoms with van der Waals surface area (Å²) in [7, 11) is 0. The first-order valence-corrected chi connectivity index (χ1v) is 6.08. The summed E-state index contributed by atoms with van der Waals surface area (Å²) in [6.45, 7) is 1.75. The first kappa shape index (κ1) is 12.0. The summed E-state index contributed by atoms with van der Waals surface area (Å²) in [4.78, 5) is 11.4. The zero-order chi connectivity index (χ0) is 12.4. The molecular weight excluding hydrogens is 264 g/mol. The first-order valence-electron chi connectivity index (χ1n) is 4.82. The third-order valence-corrected chi connectivity index (χ3v) is 3.54. The number of rotatable bonds is 4. The van der Waals surface area contributed by atoms with Crippen LogP contribution in [0, 0.1) is 0 Å². The highest BCUT2D eigenvalue weighted by molar-refractivity contribution is 7.14. The number of aromatic nitrogens is 4. The Labute approximate surface area is 106 Å². The third kappa shape index (κ3) is 2.45. The predicted molar refractivity (Wildman–Crippen MR) is 63.1 cm³/mol. The molecule has 0 bridgehead atoms. The maximum absolute atomic E-state index is 10.7. The molecule has 17 heavy (non-hydrogen) atoms. The van der Waals surface area contributed by atoms with Gasteiger partial charge in [0.25, 0.3) is 0 Å². The molecular formula is C9H9ClN4O2S. The minimum Gasteiger partial charge on any atom is -0.481 e. The topological polar surface area (TPSA) is 80.9 Å². The van der Waals surface area contributed by atoms with E-state index in [-0.39, 0.29) is 12.5 Å². The SMILES string of the molecule is CC(CC(=O)O)n1nnnc1-c1sccc1Cl. The maximum atomic E-state index is 10.7. The Hall–Kier alpha value is -1.47. The minimum absolute atomic E-state index is 0.0406. The average molecular weight is 273 g/mol. The zero-order valence-electron chi connectivity index (χ0n) is 8.87. The van der Waals surface area contributed by atoms with E-state index >= 15 is 0 Å². The lowest BCUT2D eigenvalue weighted by Gasteiger charge is -2.10.